The molecule has 3 N–H and O–H groups in total. The van der Waals surface area contributed by atoms with Crippen LogP contribution in [0.5, 0.6) is 0 Å². The van der Waals surface area contributed by atoms with Gasteiger partial charge in [-0.05, 0) is 68.1 Å². The molecule has 3 saturated carbocycles. The predicted octanol–water partition coefficient (Wildman–Crippen LogP) is 2.82. The number of nitrogens with one attached hydrogen (secondary N) is 1. The number of hydrogen-bond acceptors (Lipinski definition) is 3. The summed E-state index contributed by atoms with van der Waals surface area (Å²) in [6.45, 7) is 4.85. The van der Waals surface area contributed by atoms with Crippen LogP contribution in [0.25, 0.3) is 0 Å². The second-order valence-electron chi connectivity index (χ2n) is 8.65. The lowest BCUT2D eigenvalue weighted by atomic mass is 9.47. The fourth-order valence-corrected chi connectivity index (χ4v) is 6.70. The van der Waals surface area contributed by atoms with E-state index in [0.29, 0.717) is 17.9 Å². The zero-order chi connectivity index (χ0) is 15.5. The lowest BCUT2D eigenvalue weighted by Gasteiger charge is -2.59. The molecule has 3 aliphatic carbocycles. The Hall–Kier alpha value is -1.06. The number of piperidine rings is 1. The first-order chi connectivity index (χ1) is 10.5. The van der Waals surface area contributed by atoms with Crippen LogP contribution in [0.4, 0.5) is 0 Å². The van der Waals surface area contributed by atoms with E-state index in [2.05, 4.69) is 24.3 Å². The zero-order valence-electron chi connectivity index (χ0n) is 13.9. The molecule has 4 fully saturated rings. The molecule has 1 heterocycles. The van der Waals surface area contributed by atoms with Crippen molar-refractivity contribution in [1.82, 2.24) is 5.32 Å². The molecule has 1 amide bonds. The fraction of sp³-hybridized carbons (Fsp3) is 0.889. The molecule has 0 radical (unpaired) electrons. The summed E-state index contributed by atoms with van der Waals surface area (Å²) in [6, 6.07) is 0.406. The summed E-state index contributed by atoms with van der Waals surface area (Å²) in [4.78, 5) is 11.8. The second kappa shape index (κ2) is 4.72. The van der Waals surface area contributed by atoms with Gasteiger partial charge in [-0.25, -0.2) is 0 Å². The first-order valence-electron chi connectivity index (χ1n) is 9.05. The van der Waals surface area contributed by atoms with Crippen LogP contribution in [0, 0.1) is 28.6 Å². The summed E-state index contributed by atoms with van der Waals surface area (Å²) in [7, 11) is 0. The SMILES string of the molecule is C[C@]12CCC(=O)N[C@@H]1CC[C@@H]1[C@@H]2CC[C@]2(C)/C(=N\N)CC[C@@H]12. The van der Waals surface area contributed by atoms with Crippen LogP contribution in [0.15, 0.2) is 5.10 Å². The maximum absolute atomic E-state index is 11.8. The molecule has 0 spiro atoms. The first-order valence-corrected chi connectivity index (χ1v) is 9.05. The third-order valence-corrected chi connectivity index (χ3v) is 7.99. The lowest BCUT2D eigenvalue weighted by molar-refractivity contribution is -0.134. The standard InChI is InChI=1S/C18H29N3O/c1-17-10-8-16(22)20-14(17)5-3-11-12-4-6-15(21-19)18(12,2)9-7-13(11)17/h11-14H,3-10,19H2,1-2H3,(H,20,22)/b21-15-/t11-,12-,13-,14+,17+,18-/m0/s1. The molecule has 0 bridgehead atoms. The third kappa shape index (κ3) is 1.75. The van der Waals surface area contributed by atoms with Crippen LogP contribution in [-0.2, 0) is 4.79 Å². The third-order valence-electron chi connectivity index (χ3n) is 7.99. The van der Waals surface area contributed by atoms with E-state index in [-0.39, 0.29) is 11.3 Å². The molecule has 1 aliphatic heterocycles. The van der Waals surface area contributed by atoms with Crippen molar-refractivity contribution in [3.63, 3.8) is 0 Å². The van der Waals surface area contributed by atoms with Gasteiger partial charge in [-0.2, -0.15) is 5.10 Å². The molecule has 0 aromatic heterocycles. The van der Waals surface area contributed by atoms with Crippen molar-refractivity contribution in [2.75, 3.05) is 0 Å². The predicted molar refractivity (Wildman–Crippen MR) is 87.2 cm³/mol. The van der Waals surface area contributed by atoms with Crippen molar-refractivity contribution < 1.29 is 4.79 Å². The van der Waals surface area contributed by atoms with Crippen LogP contribution in [0.1, 0.15) is 65.2 Å². The van der Waals surface area contributed by atoms with Gasteiger partial charge in [0.05, 0.1) is 0 Å². The second-order valence-corrected chi connectivity index (χ2v) is 8.65. The average Bonchev–Trinajstić information content (AvgIpc) is 2.84. The Kier molecular flexibility index (Phi) is 3.11. The van der Waals surface area contributed by atoms with Crippen LogP contribution >= 0.6 is 0 Å². The van der Waals surface area contributed by atoms with E-state index in [1.807, 2.05) is 0 Å². The summed E-state index contributed by atoms with van der Waals surface area (Å²) in [5, 5.41) is 7.45. The van der Waals surface area contributed by atoms with Gasteiger partial charge >= 0.3 is 0 Å². The maximum Gasteiger partial charge on any atom is 0.220 e. The highest BCUT2D eigenvalue weighted by Crippen LogP contribution is 2.63. The van der Waals surface area contributed by atoms with Crippen molar-refractivity contribution in [1.29, 1.82) is 0 Å². The average molecular weight is 303 g/mol. The Morgan fingerprint density at radius 3 is 2.68 bits per heavy atom. The number of carbonyl (C=O) groups excluding carboxylic acids is 1. The van der Waals surface area contributed by atoms with E-state index in [9.17, 15) is 4.79 Å². The largest absolute Gasteiger partial charge is 0.353 e. The number of nitrogens with zero attached hydrogens (tertiary/aromatic N) is 1. The summed E-state index contributed by atoms with van der Waals surface area (Å²) in [5.41, 5.74) is 1.82. The van der Waals surface area contributed by atoms with Gasteiger partial charge in [-0.15, -0.1) is 0 Å². The van der Waals surface area contributed by atoms with Crippen LogP contribution in [-0.4, -0.2) is 17.7 Å². The van der Waals surface area contributed by atoms with Crippen molar-refractivity contribution in [2.24, 2.45) is 39.5 Å². The van der Waals surface area contributed by atoms with Gasteiger partial charge in [0.15, 0.2) is 0 Å². The normalized spacial score (nSPS) is 52.6. The molecule has 22 heavy (non-hydrogen) atoms. The minimum atomic E-state index is 0.247. The zero-order valence-corrected chi connectivity index (χ0v) is 13.9. The van der Waals surface area contributed by atoms with Gasteiger partial charge in [-0.1, -0.05) is 13.8 Å². The van der Waals surface area contributed by atoms with Gasteiger partial charge in [0.2, 0.25) is 5.91 Å². The minimum absolute atomic E-state index is 0.247. The highest BCUT2D eigenvalue weighted by Gasteiger charge is 2.59. The summed E-state index contributed by atoms with van der Waals surface area (Å²) in [5.74, 6) is 8.27. The van der Waals surface area contributed by atoms with E-state index in [0.717, 1.165) is 37.0 Å². The number of nitrogens with two attached hydrogens (primary N) is 1. The molecule has 4 heteroatoms. The number of hydrazone groups is 1. The Morgan fingerprint density at radius 1 is 1.09 bits per heavy atom. The smallest absolute Gasteiger partial charge is 0.220 e. The van der Waals surface area contributed by atoms with E-state index < -0.39 is 0 Å². The van der Waals surface area contributed by atoms with Gasteiger partial charge < -0.3 is 11.2 Å². The number of rotatable bonds is 0. The lowest BCUT2D eigenvalue weighted by Crippen LogP contribution is -2.61. The van der Waals surface area contributed by atoms with Gasteiger partial charge in [0.1, 0.15) is 0 Å². The molecule has 0 unspecified atom stereocenters. The Morgan fingerprint density at radius 2 is 1.91 bits per heavy atom. The summed E-state index contributed by atoms with van der Waals surface area (Å²) >= 11 is 0. The molecule has 4 aliphatic rings. The minimum Gasteiger partial charge on any atom is -0.353 e. The first kappa shape index (κ1) is 14.5. The van der Waals surface area contributed by atoms with Gasteiger partial charge in [0, 0.05) is 23.6 Å². The summed E-state index contributed by atoms with van der Waals surface area (Å²) in [6.07, 6.45) is 9.08. The fourth-order valence-electron chi connectivity index (χ4n) is 6.70. The Balaban J connectivity index is 1.65. The molecule has 1 saturated heterocycles. The molecule has 0 aromatic rings. The number of fused-ring (bicyclic) bond motifs is 5. The molecule has 4 rings (SSSR count). The van der Waals surface area contributed by atoms with Crippen molar-refractivity contribution in [3.8, 4) is 0 Å². The molecule has 0 aromatic carbocycles. The number of carbonyl (C=O) groups is 1. The molecule has 4 nitrogen and oxygen atoms in total. The maximum atomic E-state index is 11.8. The number of hydrogen-bond donors (Lipinski definition) is 2. The molecular formula is C18H29N3O. The molecular weight excluding hydrogens is 274 g/mol. The highest BCUT2D eigenvalue weighted by molar-refractivity contribution is 5.92. The van der Waals surface area contributed by atoms with Crippen LogP contribution in [0.3, 0.4) is 0 Å². The van der Waals surface area contributed by atoms with Gasteiger partial charge in [0.25, 0.3) is 0 Å². The monoisotopic (exact) mass is 303 g/mol. The van der Waals surface area contributed by atoms with E-state index >= 15 is 0 Å². The van der Waals surface area contributed by atoms with Crippen LogP contribution in [0.2, 0.25) is 0 Å². The van der Waals surface area contributed by atoms with Gasteiger partial charge in [-0.3, -0.25) is 4.79 Å². The Bertz CT molecular complexity index is 530. The van der Waals surface area contributed by atoms with E-state index in [1.54, 1.807) is 0 Å². The van der Waals surface area contributed by atoms with Crippen molar-refractivity contribution >= 4 is 11.6 Å². The van der Waals surface area contributed by atoms with Crippen molar-refractivity contribution in [3.05, 3.63) is 0 Å². The Labute approximate surface area is 133 Å². The van der Waals surface area contributed by atoms with Crippen LogP contribution < -0.4 is 11.2 Å². The molecule has 6 atom stereocenters. The van der Waals surface area contributed by atoms with Crippen molar-refractivity contribution in [2.45, 2.75) is 71.3 Å². The van der Waals surface area contributed by atoms with E-state index in [1.165, 1.54) is 31.4 Å². The highest BCUT2D eigenvalue weighted by atomic mass is 16.1. The number of amides is 1. The topological polar surface area (TPSA) is 67.5 Å². The molecule has 122 valence electrons. The summed E-state index contributed by atoms with van der Waals surface area (Å²) < 4.78 is 0. The quantitative estimate of drug-likeness (QED) is 0.534. The van der Waals surface area contributed by atoms with E-state index in [4.69, 9.17) is 5.84 Å².